The number of carbonyl (C=O) groups excluding carboxylic acids is 2. The SMILES string of the molecule is CC(C)(C)c1cc(NC(=O)Nc2ccc(NC(=O)c3ccc(OC(C)(C)[C@H]4CCNC4)cn3)cc2)no1. The van der Waals surface area contributed by atoms with Crippen molar-refractivity contribution in [3.8, 4) is 5.75 Å². The zero-order chi connectivity index (χ0) is 26.6. The lowest BCUT2D eigenvalue weighted by Gasteiger charge is -2.32. The minimum atomic E-state index is -0.454. The number of pyridine rings is 1. The van der Waals surface area contributed by atoms with Crippen LogP contribution in [0.2, 0.25) is 0 Å². The molecular formula is C27H34N6O4. The van der Waals surface area contributed by atoms with Gasteiger partial charge in [-0.2, -0.15) is 0 Å². The number of anilines is 3. The van der Waals surface area contributed by atoms with E-state index < -0.39 is 6.03 Å². The van der Waals surface area contributed by atoms with Gasteiger partial charge in [-0.1, -0.05) is 25.9 Å². The molecule has 0 spiro atoms. The molecule has 1 fully saturated rings. The molecule has 1 saturated heterocycles. The van der Waals surface area contributed by atoms with E-state index in [-0.39, 0.29) is 22.6 Å². The molecule has 0 bridgehead atoms. The van der Waals surface area contributed by atoms with Crippen LogP contribution in [0.5, 0.6) is 5.75 Å². The van der Waals surface area contributed by atoms with Gasteiger partial charge in [-0.3, -0.25) is 10.1 Å². The second-order valence-electron chi connectivity index (χ2n) is 10.7. The summed E-state index contributed by atoms with van der Waals surface area (Å²) in [6.45, 7) is 12.1. The molecule has 1 aromatic carbocycles. The van der Waals surface area contributed by atoms with Crippen LogP contribution in [0.15, 0.2) is 53.2 Å². The number of urea groups is 1. The molecule has 4 rings (SSSR count). The van der Waals surface area contributed by atoms with Crippen LogP contribution >= 0.6 is 0 Å². The van der Waals surface area contributed by atoms with Gasteiger partial charge in [0.1, 0.15) is 22.8 Å². The van der Waals surface area contributed by atoms with Gasteiger partial charge in [-0.05, 0) is 63.2 Å². The van der Waals surface area contributed by atoms with Gasteiger partial charge in [-0.25, -0.2) is 9.78 Å². The molecule has 3 heterocycles. The smallest absolute Gasteiger partial charge is 0.324 e. The Bertz CT molecular complexity index is 1220. The Hall–Kier alpha value is -3.92. The number of nitrogens with one attached hydrogen (secondary N) is 4. The Morgan fingerprint density at radius 1 is 1.00 bits per heavy atom. The van der Waals surface area contributed by atoms with Crippen molar-refractivity contribution in [1.29, 1.82) is 0 Å². The molecule has 37 heavy (non-hydrogen) atoms. The fraction of sp³-hybridized carbons (Fsp3) is 0.407. The summed E-state index contributed by atoms with van der Waals surface area (Å²) in [7, 11) is 0. The monoisotopic (exact) mass is 506 g/mol. The van der Waals surface area contributed by atoms with Gasteiger partial charge in [0, 0.05) is 35.3 Å². The summed E-state index contributed by atoms with van der Waals surface area (Å²) in [5.41, 5.74) is 0.857. The average Bonchev–Trinajstić information content (AvgIpc) is 3.53. The minimum absolute atomic E-state index is 0.209. The summed E-state index contributed by atoms with van der Waals surface area (Å²) < 4.78 is 11.4. The Morgan fingerprint density at radius 3 is 2.27 bits per heavy atom. The number of ether oxygens (including phenoxy) is 1. The molecule has 4 N–H and O–H groups in total. The third-order valence-electron chi connectivity index (χ3n) is 6.28. The summed E-state index contributed by atoms with van der Waals surface area (Å²) in [6.07, 6.45) is 2.64. The van der Waals surface area contributed by atoms with Gasteiger partial charge in [0.15, 0.2) is 5.82 Å². The van der Waals surface area contributed by atoms with Crippen molar-refractivity contribution in [1.82, 2.24) is 15.5 Å². The second-order valence-corrected chi connectivity index (χ2v) is 10.7. The summed E-state index contributed by atoms with van der Waals surface area (Å²) in [4.78, 5) is 29.2. The number of hydrogen-bond acceptors (Lipinski definition) is 7. The fourth-order valence-electron chi connectivity index (χ4n) is 4.01. The van der Waals surface area contributed by atoms with Gasteiger partial charge in [0.2, 0.25) is 0 Å². The van der Waals surface area contributed by atoms with E-state index in [1.807, 2.05) is 20.8 Å². The van der Waals surface area contributed by atoms with Crippen LogP contribution in [-0.4, -0.2) is 40.8 Å². The molecule has 2 aromatic heterocycles. The van der Waals surface area contributed by atoms with Crippen molar-refractivity contribution in [2.75, 3.05) is 29.0 Å². The summed E-state index contributed by atoms with van der Waals surface area (Å²) >= 11 is 0. The lowest BCUT2D eigenvalue weighted by molar-refractivity contribution is 0.0520. The maximum absolute atomic E-state index is 12.6. The maximum atomic E-state index is 12.6. The predicted molar refractivity (Wildman–Crippen MR) is 142 cm³/mol. The van der Waals surface area contributed by atoms with Crippen LogP contribution in [0.1, 0.15) is 57.3 Å². The molecule has 3 amide bonds. The van der Waals surface area contributed by atoms with Crippen LogP contribution in [0.3, 0.4) is 0 Å². The number of amides is 3. The van der Waals surface area contributed by atoms with E-state index in [1.54, 1.807) is 48.7 Å². The number of nitrogens with zero attached hydrogens (tertiary/aromatic N) is 2. The third kappa shape index (κ3) is 6.85. The average molecular weight is 507 g/mol. The van der Waals surface area contributed by atoms with Crippen LogP contribution in [0.4, 0.5) is 22.0 Å². The standard InChI is InChI=1S/C27H34N6O4/c1-26(2,3)22-14-23(33-37-22)32-25(35)31-19-8-6-18(7-9-19)30-24(34)21-11-10-20(16-29-21)36-27(4,5)17-12-13-28-15-17/h6-11,14,16-17,28H,12-13,15H2,1-5H3,(H,30,34)(H2,31,32,33,35)/t17-/m0/s1. The first-order chi connectivity index (χ1) is 17.5. The quantitative estimate of drug-likeness (QED) is 0.353. The molecule has 0 radical (unpaired) electrons. The molecule has 10 nitrogen and oxygen atoms in total. The summed E-state index contributed by atoms with van der Waals surface area (Å²) in [5, 5.41) is 15.4. The Kier molecular flexibility index (Phi) is 7.49. The van der Waals surface area contributed by atoms with E-state index in [0.29, 0.717) is 34.6 Å². The summed E-state index contributed by atoms with van der Waals surface area (Å²) in [6, 6.07) is 11.4. The zero-order valence-corrected chi connectivity index (χ0v) is 21.8. The Labute approximate surface area is 216 Å². The van der Waals surface area contributed by atoms with E-state index in [9.17, 15) is 9.59 Å². The highest BCUT2D eigenvalue weighted by Gasteiger charge is 2.33. The first-order valence-electron chi connectivity index (χ1n) is 12.3. The highest BCUT2D eigenvalue weighted by atomic mass is 16.5. The molecule has 1 aliphatic heterocycles. The van der Waals surface area contributed by atoms with E-state index in [1.165, 1.54) is 0 Å². The molecule has 1 aliphatic rings. The molecule has 196 valence electrons. The van der Waals surface area contributed by atoms with E-state index in [4.69, 9.17) is 9.26 Å². The Balaban J connectivity index is 1.28. The molecule has 3 aromatic rings. The van der Waals surface area contributed by atoms with Crippen molar-refractivity contribution >= 4 is 29.1 Å². The molecule has 1 atom stereocenters. The number of benzene rings is 1. The number of carbonyl (C=O) groups is 2. The van der Waals surface area contributed by atoms with Crippen molar-refractivity contribution < 1.29 is 18.8 Å². The lowest BCUT2D eigenvalue weighted by Crippen LogP contribution is -2.38. The number of hydrogen-bond donors (Lipinski definition) is 4. The first kappa shape index (κ1) is 26.2. The van der Waals surface area contributed by atoms with Gasteiger partial charge in [0.25, 0.3) is 5.91 Å². The van der Waals surface area contributed by atoms with Crippen LogP contribution in [0, 0.1) is 5.92 Å². The zero-order valence-electron chi connectivity index (χ0n) is 21.8. The molecule has 0 aliphatic carbocycles. The summed E-state index contributed by atoms with van der Waals surface area (Å²) in [5.74, 6) is 1.70. The third-order valence-corrected chi connectivity index (χ3v) is 6.28. The Morgan fingerprint density at radius 2 is 1.70 bits per heavy atom. The van der Waals surface area contributed by atoms with Crippen LogP contribution < -0.4 is 26.0 Å². The topological polar surface area (TPSA) is 130 Å². The molecule has 10 heteroatoms. The van der Waals surface area contributed by atoms with Crippen molar-refractivity contribution in [2.45, 2.75) is 52.1 Å². The lowest BCUT2D eigenvalue weighted by atomic mass is 9.90. The fourth-order valence-corrected chi connectivity index (χ4v) is 4.01. The molecular weight excluding hydrogens is 472 g/mol. The number of aromatic nitrogens is 2. The normalized spacial score (nSPS) is 15.8. The van der Waals surface area contributed by atoms with E-state index >= 15 is 0 Å². The maximum Gasteiger partial charge on any atom is 0.324 e. The van der Waals surface area contributed by atoms with E-state index in [0.717, 1.165) is 19.5 Å². The minimum Gasteiger partial charge on any atom is -0.486 e. The van der Waals surface area contributed by atoms with Crippen molar-refractivity contribution in [2.24, 2.45) is 5.92 Å². The largest absolute Gasteiger partial charge is 0.486 e. The second kappa shape index (κ2) is 10.6. The van der Waals surface area contributed by atoms with Gasteiger partial charge >= 0.3 is 6.03 Å². The number of rotatable bonds is 7. The predicted octanol–water partition coefficient (Wildman–Crippen LogP) is 5.03. The van der Waals surface area contributed by atoms with Gasteiger partial charge in [-0.15, -0.1) is 0 Å². The highest BCUT2D eigenvalue weighted by Crippen LogP contribution is 2.29. The molecule has 0 saturated carbocycles. The highest BCUT2D eigenvalue weighted by molar-refractivity contribution is 6.03. The first-order valence-corrected chi connectivity index (χ1v) is 12.3. The van der Waals surface area contributed by atoms with Crippen LogP contribution in [0.25, 0.3) is 0 Å². The molecule has 0 unspecified atom stereocenters. The van der Waals surface area contributed by atoms with Crippen LogP contribution in [-0.2, 0) is 5.41 Å². The van der Waals surface area contributed by atoms with E-state index in [2.05, 4.69) is 45.3 Å². The van der Waals surface area contributed by atoms with Gasteiger partial charge < -0.3 is 25.2 Å². The van der Waals surface area contributed by atoms with Gasteiger partial charge in [0.05, 0.1) is 6.20 Å². The van der Waals surface area contributed by atoms with Crippen molar-refractivity contribution in [3.63, 3.8) is 0 Å². The van der Waals surface area contributed by atoms with Crippen molar-refractivity contribution in [3.05, 3.63) is 60.1 Å².